The summed E-state index contributed by atoms with van der Waals surface area (Å²) in [6.07, 6.45) is -2.65. The van der Waals surface area contributed by atoms with E-state index < -0.39 is 29.0 Å². The van der Waals surface area contributed by atoms with Crippen molar-refractivity contribution in [2.24, 2.45) is 0 Å². The molecule has 0 fully saturated rings. The predicted octanol–water partition coefficient (Wildman–Crippen LogP) is 4.12. The minimum Gasteiger partial charge on any atom is -0.464 e. The molecule has 6 nitrogen and oxygen atoms in total. The molecule has 23 heavy (non-hydrogen) atoms. The van der Waals surface area contributed by atoms with Crippen molar-refractivity contribution in [3.8, 4) is 0 Å². The molecule has 1 aromatic carbocycles. The van der Waals surface area contributed by atoms with Gasteiger partial charge in [-0.3, -0.25) is 0 Å². The molecule has 7 heteroatoms. The Kier molecular flexibility index (Phi) is 4.94. The van der Waals surface area contributed by atoms with Gasteiger partial charge in [-0.2, -0.15) is 4.90 Å². The summed E-state index contributed by atoms with van der Waals surface area (Å²) in [5.41, 5.74) is 4.32. The number of anilines is 2. The first-order valence-electron chi connectivity index (χ1n) is 7.10. The molecule has 0 aromatic heterocycles. The monoisotopic (exact) mass is 326 g/mol. The minimum absolute atomic E-state index is 0.106. The number of carboxylic acid groups (broad SMARTS) is 1. The second-order valence-electron chi connectivity index (χ2n) is 7.20. The smallest absolute Gasteiger partial charge is 0.424 e. The number of nitrogens with two attached hydrogens (primary N) is 1. The Morgan fingerprint density at radius 1 is 1.17 bits per heavy atom. The maximum atomic E-state index is 14.1. The first-order valence-corrected chi connectivity index (χ1v) is 7.10. The molecule has 0 radical (unpaired) electrons. The Hall–Kier alpha value is -2.31. The highest BCUT2D eigenvalue weighted by Gasteiger charge is 2.33. The number of benzene rings is 1. The Morgan fingerprint density at radius 2 is 1.70 bits per heavy atom. The fourth-order valence-corrected chi connectivity index (χ4v) is 2.13. The van der Waals surface area contributed by atoms with E-state index >= 15 is 0 Å². The van der Waals surface area contributed by atoms with Crippen LogP contribution in [0.1, 0.15) is 47.1 Å². The number of imide groups is 1. The van der Waals surface area contributed by atoms with Crippen molar-refractivity contribution in [3.63, 3.8) is 0 Å². The van der Waals surface area contributed by atoms with E-state index in [-0.39, 0.29) is 16.9 Å². The van der Waals surface area contributed by atoms with Gasteiger partial charge < -0.3 is 15.6 Å². The average Bonchev–Trinajstić information content (AvgIpc) is 2.27. The van der Waals surface area contributed by atoms with Gasteiger partial charge in [0, 0.05) is 5.56 Å². The van der Waals surface area contributed by atoms with Crippen molar-refractivity contribution in [1.82, 2.24) is 0 Å². The number of halogens is 1. The molecule has 0 unspecified atom stereocenters. The van der Waals surface area contributed by atoms with Crippen LogP contribution in [0.4, 0.5) is 25.4 Å². The normalized spacial score (nSPS) is 12.0. The fourth-order valence-electron chi connectivity index (χ4n) is 2.13. The molecule has 0 saturated carbocycles. The quantitative estimate of drug-likeness (QED) is 0.757. The lowest BCUT2D eigenvalue weighted by Crippen LogP contribution is -2.41. The number of nitrogen functional groups attached to an aromatic ring is 1. The van der Waals surface area contributed by atoms with Crippen LogP contribution in [-0.2, 0) is 10.2 Å². The number of amides is 2. The summed E-state index contributed by atoms with van der Waals surface area (Å²) in [4.78, 5) is 24.1. The summed E-state index contributed by atoms with van der Waals surface area (Å²) in [6.45, 7) is 10.1. The van der Waals surface area contributed by atoms with E-state index in [4.69, 9.17) is 10.5 Å². The Bertz CT molecular complexity index is 630. The summed E-state index contributed by atoms with van der Waals surface area (Å²) < 4.78 is 19.2. The van der Waals surface area contributed by atoms with Crippen LogP contribution >= 0.6 is 0 Å². The Labute approximate surface area is 135 Å². The van der Waals surface area contributed by atoms with Gasteiger partial charge in [-0.15, -0.1) is 0 Å². The molecule has 128 valence electrons. The number of rotatable bonds is 1. The first kappa shape index (κ1) is 18.7. The number of nitrogens with zero attached hydrogens (tertiary/aromatic N) is 1. The van der Waals surface area contributed by atoms with Gasteiger partial charge in [-0.1, -0.05) is 20.8 Å². The highest BCUT2D eigenvalue weighted by Crippen LogP contribution is 2.37. The van der Waals surface area contributed by atoms with E-state index in [1.807, 2.05) is 0 Å². The predicted molar refractivity (Wildman–Crippen MR) is 86.3 cm³/mol. The van der Waals surface area contributed by atoms with Crippen molar-refractivity contribution >= 4 is 23.6 Å². The Balaban J connectivity index is 3.46. The highest BCUT2D eigenvalue weighted by molar-refractivity contribution is 6.11. The number of carbonyl (C=O) groups is 2. The lowest BCUT2D eigenvalue weighted by atomic mass is 9.85. The largest absolute Gasteiger partial charge is 0.464 e. The molecule has 3 N–H and O–H groups in total. The molecule has 0 aliphatic heterocycles. The number of hydrogen-bond donors (Lipinski definition) is 2. The van der Waals surface area contributed by atoms with Crippen LogP contribution < -0.4 is 10.6 Å². The number of ether oxygens (including phenoxy) is 1. The molecule has 0 saturated heterocycles. The van der Waals surface area contributed by atoms with Crippen molar-refractivity contribution in [2.75, 3.05) is 10.6 Å². The third-order valence-corrected chi connectivity index (χ3v) is 2.93. The molecule has 0 spiro atoms. The van der Waals surface area contributed by atoms with E-state index in [9.17, 15) is 19.1 Å². The molecule has 0 aliphatic carbocycles. The van der Waals surface area contributed by atoms with Gasteiger partial charge in [0.15, 0.2) is 0 Å². The second-order valence-corrected chi connectivity index (χ2v) is 7.20. The van der Waals surface area contributed by atoms with E-state index in [1.165, 1.54) is 0 Å². The van der Waals surface area contributed by atoms with Crippen LogP contribution in [0.3, 0.4) is 0 Å². The van der Waals surface area contributed by atoms with Gasteiger partial charge >= 0.3 is 12.2 Å². The maximum absolute atomic E-state index is 14.1. The van der Waals surface area contributed by atoms with E-state index in [2.05, 4.69) is 0 Å². The van der Waals surface area contributed by atoms with E-state index in [0.717, 1.165) is 12.1 Å². The zero-order chi connectivity index (χ0) is 18.2. The molecule has 0 bridgehead atoms. The second kappa shape index (κ2) is 6.06. The summed E-state index contributed by atoms with van der Waals surface area (Å²) >= 11 is 0. The summed E-state index contributed by atoms with van der Waals surface area (Å²) in [5, 5.41) is 9.36. The van der Waals surface area contributed by atoms with Gasteiger partial charge in [0.25, 0.3) is 0 Å². The van der Waals surface area contributed by atoms with Crippen LogP contribution in [0.2, 0.25) is 0 Å². The topological polar surface area (TPSA) is 92.9 Å². The lowest BCUT2D eigenvalue weighted by Gasteiger charge is -2.28. The molecule has 0 atom stereocenters. The van der Waals surface area contributed by atoms with Gasteiger partial charge in [0.2, 0.25) is 0 Å². The zero-order valence-electron chi connectivity index (χ0n) is 14.2. The summed E-state index contributed by atoms with van der Waals surface area (Å²) in [6, 6.07) is 2.24. The third kappa shape index (κ3) is 4.34. The van der Waals surface area contributed by atoms with Crippen LogP contribution in [0.15, 0.2) is 12.1 Å². The molecule has 0 aliphatic rings. The average molecular weight is 326 g/mol. The van der Waals surface area contributed by atoms with Crippen LogP contribution in [0, 0.1) is 5.82 Å². The summed E-state index contributed by atoms with van der Waals surface area (Å²) in [7, 11) is 0. The van der Waals surface area contributed by atoms with E-state index in [1.54, 1.807) is 41.5 Å². The molecule has 1 rings (SSSR count). The highest BCUT2D eigenvalue weighted by atomic mass is 19.1. The van der Waals surface area contributed by atoms with Crippen molar-refractivity contribution < 1.29 is 23.8 Å². The first-order chi connectivity index (χ1) is 10.3. The van der Waals surface area contributed by atoms with E-state index in [0.29, 0.717) is 4.90 Å². The van der Waals surface area contributed by atoms with Gasteiger partial charge in [0.1, 0.15) is 11.4 Å². The van der Waals surface area contributed by atoms with Gasteiger partial charge in [-0.25, -0.2) is 14.0 Å². The molecular weight excluding hydrogens is 303 g/mol. The zero-order valence-corrected chi connectivity index (χ0v) is 14.2. The third-order valence-electron chi connectivity index (χ3n) is 2.93. The van der Waals surface area contributed by atoms with Gasteiger partial charge in [-0.05, 0) is 38.3 Å². The number of carbonyl (C=O) groups excluding carboxylic acids is 1. The molecule has 1 aromatic rings. The van der Waals surface area contributed by atoms with Crippen molar-refractivity contribution in [2.45, 2.75) is 52.6 Å². The molecular formula is C16H23FN2O4. The van der Waals surface area contributed by atoms with Gasteiger partial charge in [0.05, 0.1) is 11.4 Å². The number of hydrogen-bond acceptors (Lipinski definition) is 4. The maximum Gasteiger partial charge on any atom is 0.424 e. The summed E-state index contributed by atoms with van der Waals surface area (Å²) in [5.74, 6) is -0.562. The fraction of sp³-hybridized carbons (Fsp3) is 0.500. The lowest BCUT2D eigenvalue weighted by molar-refractivity contribution is 0.0582. The standard InChI is InChI=1S/C16H23FN2O4/c1-15(2,3)11-9(17)7-8-10(12(11)18)19(13(20)21)14(22)23-16(4,5)6/h7-8H,18H2,1-6H3,(H,20,21). The minimum atomic E-state index is -1.56. The Morgan fingerprint density at radius 3 is 2.09 bits per heavy atom. The molecule has 0 heterocycles. The molecule has 2 amide bonds. The SMILES string of the molecule is CC(C)(C)OC(=O)N(C(=O)O)c1ccc(F)c(C(C)(C)C)c1N. The van der Waals surface area contributed by atoms with Crippen LogP contribution in [0.25, 0.3) is 0 Å². The van der Waals surface area contributed by atoms with Crippen LogP contribution in [-0.4, -0.2) is 22.9 Å². The van der Waals surface area contributed by atoms with Crippen molar-refractivity contribution in [3.05, 3.63) is 23.5 Å². The van der Waals surface area contributed by atoms with Crippen LogP contribution in [0.5, 0.6) is 0 Å². The van der Waals surface area contributed by atoms with Crippen molar-refractivity contribution in [1.29, 1.82) is 0 Å².